The molecule has 0 saturated carbocycles. The Kier molecular flexibility index (Phi) is 3.64. The summed E-state index contributed by atoms with van der Waals surface area (Å²) in [4.78, 5) is 12.2. The summed E-state index contributed by atoms with van der Waals surface area (Å²) in [5, 5.41) is 6.29. The second-order valence-corrected chi connectivity index (χ2v) is 5.18. The molecule has 0 spiro atoms. The Morgan fingerprint density at radius 1 is 1.23 bits per heavy atom. The number of halogens is 3. The van der Waals surface area contributed by atoms with E-state index in [1.165, 1.54) is 12.1 Å². The molecule has 0 aliphatic heterocycles. The van der Waals surface area contributed by atoms with Gasteiger partial charge in [0.25, 0.3) is 5.91 Å². The van der Waals surface area contributed by atoms with Gasteiger partial charge in [-0.05, 0) is 43.9 Å². The number of aryl methyl sites for hydroxylation is 1. The summed E-state index contributed by atoms with van der Waals surface area (Å²) < 4.78 is 43.1. The highest BCUT2D eigenvalue weighted by atomic mass is 19.4. The number of anilines is 1. The van der Waals surface area contributed by atoms with Crippen LogP contribution < -0.4 is 5.32 Å². The first kappa shape index (κ1) is 14.6. The monoisotopic (exact) mass is 310 g/mol. The maximum absolute atomic E-state index is 12.7. The quantitative estimate of drug-likeness (QED) is 0.917. The molecule has 0 fully saturated rings. The van der Waals surface area contributed by atoms with E-state index in [0.29, 0.717) is 6.42 Å². The number of alkyl halides is 3. The van der Waals surface area contributed by atoms with Gasteiger partial charge < -0.3 is 9.84 Å². The fraction of sp³-hybridized carbons (Fsp3) is 0.333. The summed E-state index contributed by atoms with van der Waals surface area (Å²) in [6, 6.07) is 4.48. The molecule has 1 heterocycles. The molecule has 1 aliphatic carbocycles. The van der Waals surface area contributed by atoms with Crippen molar-refractivity contribution < 1.29 is 22.5 Å². The molecule has 2 aromatic rings. The van der Waals surface area contributed by atoms with Crippen molar-refractivity contribution in [1.29, 1.82) is 0 Å². The van der Waals surface area contributed by atoms with Gasteiger partial charge in [0.2, 0.25) is 5.76 Å². The maximum atomic E-state index is 12.7. The summed E-state index contributed by atoms with van der Waals surface area (Å²) in [6.45, 7) is 0. The standard InChI is InChI=1S/C15H13F3N2O2/c16-15(17,18)9-4-3-5-10(8-9)19-14(21)13-11-6-1-2-7-12(11)20-22-13/h3-5,8H,1-2,6-7H2,(H,19,21). The number of benzene rings is 1. The Bertz CT molecular complexity index is 707. The number of carbonyl (C=O) groups excluding carboxylic acids is 1. The topological polar surface area (TPSA) is 55.1 Å². The van der Waals surface area contributed by atoms with Crippen molar-refractivity contribution in [3.05, 3.63) is 46.8 Å². The zero-order valence-corrected chi connectivity index (χ0v) is 11.5. The summed E-state index contributed by atoms with van der Waals surface area (Å²) >= 11 is 0. The van der Waals surface area contributed by atoms with Gasteiger partial charge in [-0.15, -0.1) is 0 Å². The summed E-state index contributed by atoms with van der Waals surface area (Å²) in [5.74, 6) is -0.484. The third kappa shape index (κ3) is 2.84. The Balaban J connectivity index is 1.82. The number of hydrogen-bond acceptors (Lipinski definition) is 3. The lowest BCUT2D eigenvalue weighted by Crippen LogP contribution is -2.15. The molecule has 4 nitrogen and oxygen atoms in total. The van der Waals surface area contributed by atoms with Gasteiger partial charge in [-0.25, -0.2) is 0 Å². The van der Waals surface area contributed by atoms with Gasteiger partial charge >= 0.3 is 6.18 Å². The Hall–Kier alpha value is -2.31. The van der Waals surface area contributed by atoms with E-state index < -0.39 is 17.6 Å². The van der Waals surface area contributed by atoms with E-state index in [9.17, 15) is 18.0 Å². The molecular weight excluding hydrogens is 297 g/mol. The van der Waals surface area contributed by atoms with Crippen LogP contribution in [0.5, 0.6) is 0 Å². The fourth-order valence-corrected chi connectivity index (χ4v) is 2.53. The lowest BCUT2D eigenvalue weighted by Gasteiger charge is -2.11. The van der Waals surface area contributed by atoms with Crippen LogP contribution in [0, 0.1) is 0 Å². The van der Waals surface area contributed by atoms with Gasteiger partial charge in [0.05, 0.1) is 11.3 Å². The molecule has 0 radical (unpaired) electrons. The highest BCUT2D eigenvalue weighted by Gasteiger charge is 2.31. The molecule has 1 N–H and O–H groups in total. The maximum Gasteiger partial charge on any atom is 0.416 e. The molecule has 22 heavy (non-hydrogen) atoms. The molecule has 116 valence electrons. The van der Waals surface area contributed by atoms with Crippen LogP contribution in [0.25, 0.3) is 0 Å². The van der Waals surface area contributed by atoms with E-state index in [1.807, 2.05) is 0 Å². The molecule has 0 atom stereocenters. The summed E-state index contributed by atoms with van der Waals surface area (Å²) in [6.07, 6.45) is -1.06. The summed E-state index contributed by atoms with van der Waals surface area (Å²) in [5.41, 5.74) is 0.779. The first-order valence-corrected chi connectivity index (χ1v) is 6.91. The number of aromatic nitrogens is 1. The van der Waals surface area contributed by atoms with Gasteiger partial charge in [-0.2, -0.15) is 13.2 Å². The highest BCUT2D eigenvalue weighted by molar-refractivity contribution is 6.03. The molecule has 1 aliphatic rings. The lowest BCUT2D eigenvalue weighted by molar-refractivity contribution is -0.137. The fourth-order valence-electron chi connectivity index (χ4n) is 2.53. The van der Waals surface area contributed by atoms with E-state index in [2.05, 4.69) is 10.5 Å². The van der Waals surface area contributed by atoms with Gasteiger partial charge in [-0.3, -0.25) is 4.79 Å². The van der Waals surface area contributed by atoms with Gasteiger partial charge in [0.1, 0.15) is 0 Å². The highest BCUT2D eigenvalue weighted by Crippen LogP contribution is 2.31. The number of hydrogen-bond donors (Lipinski definition) is 1. The third-order valence-electron chi connectivity index (χ3n) is 3.61. The van der Waals surface area contributed by atoms with E-state index in [4.69, 9.17) is 4.52 Å². The number of nitrogens with zero attached hydrogens (tertiary/aromatic N) is 1. The minimum atomic E-state index is -4.45. The van der Waals surface area contributed by atoms with Gasteiger partial charge in [0, 0.05) is 11.3 Å². The Morgan fingerprint density at radius 2 is 2.00 bits per heavy atom. The van der Waals surface area contributed by atoms with Crippen LogP contribution in [0.4, 0.5) is 18.9 Å². The zero-order chi connectivity index (χ0) is 15.7. The molecule has 0 unspecified atom stereocenters. The average molecular weight is 310 g/mol. The molecule has 0 saturated heterocycles. The predicted octanol–water partition coefficient (Wildman–Crippen LogP) is 3.82. The second-order valence-electron chi connectivity index (χ2n) is 5.18. The number of carbonyl (C=O) groups is 1. The van der Waals surface area contributed by atoms with Crippen molar-refractivity contribution in [2.75, 3.05) is 5.32 Å². The molecule has 3 rings (SSSR count). The second kappa shape index (κ2) is 5.47. The Morgan fingerprint density at radius 3 is 2.77 bits per heavy atom. The smallest absolute Gasteiger partial charge is 0.350 e. The number of rotatable bonds is 2. The molecule has 1 aromatic carbocycles. The molecule has 7 heteroatoms. The number of nitrogens with one attached hydrogen (secondary N) is 1. The molecular formula is C15H13F3N2O2. The first-order chi connectivity index (χ1) is 10.4. The summed E-state index contributed by atoms with van der Waals surface area (Å²) in [7, 11) is 0. The van der Waals surface area contributed by atoms with Crippen molar-refractivity contribution in [3.63, 3.8) is 0 Å². The van der Waals surface area contributed by atoms with E-state index in [-0.39, 0.29) is 11.4 Å². The van der Waals surface area contributed by atoms with Crippen LogP contribution in [0.1, 0.15) is 40.2 Å². The zero-order valence-electron chi connectivity index (χ0n) is 11.5. The minimum Gasteiger partial charge on any atom is -0.350 e. The average Bonchev–Trinajstić information content (AvgIpc) is 2.90. The number of fused-ring (bicyclic) bond motifs is 1. The van der Waals surface area contributed by atoms with Gasteiger partial charge in [-0.1, -0.05) is 11.2 Å². The van der Waals surface area contributed by atoms with Crippen molar-refractivity contribution >= 4 is 11.6 Å². The predicted molar refractivity (Wildman–Crippen MR) is 72.5 cm³/mol. The third-order valence-corrected chi connectivity index (χ3v) is 3.61. The Labute approximate surface area is 124 Å². The van der Waals surface area contributed by atoms with Crippen LogP contribution in [0.3, 0.4) is 0 Å². The first-order valence-electron chi connectivity index (χ1n) is 6.91. The van der Waals surface area contributed by atoms with Crippen molar-refractivity contribution in [2.45, 2.75) is 31.9 Å². The van der Waals surface area contributed by atoms with Crippen LogP contribution in [-0.2, 0) is 19.0 Å². The molecule has 0 bridgehead atoms. The van der Waals surface area contributed by atoms with E-state index >= 15 is 0 Å². The molecule has 1 aromatic heterocycles. The minimum absolute atomic E-state index is 0.0702. The van der Waals surface area contributed by atoms with Crippen LogP contribution in [0.15, 0.2) is 28.8 Å². The molecule has 1 amide bonds. The van der Waals surface area contributed by atoms with Crippen LogP contribution >= 0.6 is 0 Å². The van der Waals surface area contributed by atoms with E-state index in [0.717, 1.165) is 42.7 Å². The lowest BCUT2D eigenvalue weighted by atomic mass is 9.96. The van der Waals surface area contributed by atoms with Gasteiger partial charge in [0.15, 0.2) is 0 Å². The van der Waals surface area contributed by atoms with Crippen LogP contribution in [-0.4, -0.2) is 11.1 Å². The number of amides is 1. The van der Waals surface area contributed by atoms with Crippen molar-refractivity contribution in [1.82, 2.24) is 5.16 Å². The van der Waals surface area contributed by atoms with Crippen LogP contribution in [0.2, 0.25) is 0 Å². The van der Waals surface area contributed by atoms with Crippen molar-refractivity contribution in [2.24, 2.45) is 0 Å². The van der Waals surface area contributed by atoms with Crippen molar-refractivity contribution in [3.8, 4) is 0 Å². The largest absolute Gasteiger partial charge is 0.416 e. The normalized spacial score (nSPS) is 14.5. The van der Waals surface area contributed by atoms with E-state index in [1.54, 1.807) is 0 Å². The SMILES string of the molecule is O=C(Nc1cccc(C(F)(F)F)c1)c1onc2c1CCCC2.